The van der Waals surface area contributed by atoms with Crippen molar-refractivity contribution < 1.29 is 8.42 Å². The molecule has 1 fully saturated rings. The van der Waals surface area contributed by atoms with Gasteiger partial charge in [-0.05, 0) is 30.5 Å². The van der Waals surface area contributed by atoms with Crippen molar-refractivity contribution in [1.82, 2.24) is 4.72 Å². The second-order valence-electron chi connectivity index (χ2n) is 5.73. The Hall–Kier alpha value is -1.42. The molecule has 5 nitrogen and oxygen atoms in total. The van der Waals surface area contributed by atoms with E-state index >= 15 is 0 Å². The van der Waals surface area contributed by atoms with Crippen LogP contribution in [0.25, 0.3) is 0 Å². The second kappa shape index (κ2) is 6.56. The van der Waals surface area contributed by atoms with Crippen molar-refractivity contribution in [2.45, 2.75) is 49.0 Å². The third kappa shape index (κ3) is 4.27. The number of nitrogens with two attached hydrogens (primary N) is 1. The number of benzene rings is 1. The molecule has 3 N–H and O–H groups in total. The third-order valence-corrected chi connectivity index (χ3v) is 5.40. The molecule has 6 heteroatoms. The highest BCUT2D eigenvalue weighted by molar-refractivity contribution is 7.89. The molecule has 1 aromatic carbocycles. The Balaban J connectivity index is 2.02. The zero-order valence-electron chi connectivity index (χ0n) is 12.0. The van der Waals surface area contributed by atoms with Crippen molar-refractivity contribution in [2.75, 3.05) is 6.54 Å². The highest BCUT2D eigenvalue weighted by atomic mass is 32.2. The number of nitrogens with zero attached hydrogens (tertiary/aromatic N) is 1. The van der Waals surface area contributed by atoms with Gasteiger partial charge in [-0.2, -0.15) is 5.26 Å². The summed E-state index contributed by atoms with van der Waals surface area (Å²) in [5, 5.41) is 8.61. The fraction of sp³-hybridized carbons (Fsp3) is 0.533. The van der Waals surface area contributed by atoms with Crippen LogP contribution in [0.4, 0.5) is 0 Å². The minimum Gasteiger partial charge on any atom is -0.324 e. The molecule has 0 saturated heterocycles. The Morgan fingerprint density at radius 1 is 1.19 bits per heavy atom. The van der Waals surface area contributed by atoms with Crippen molar-refractivity contribution in [1.29, 1.82) is 5.26 Å². The average Bonchev–Trinajstić information content (AvgIpc) is 2.47. The number of sulfonamides is 1. The topological polar surface area (TPSA) is 96.0 Å². The predicted molar refractivity (Wildman–Crippen MR) is 81.0 cm³/mol. The summed E-state index contributed by atoms with van der Waals surface area (Å²) in [4.78, 5) is 0.212. The molecule has 1 aliphatic carbocycles. The van der Waals surface area contributed by atoms with Crippen LogP contribution in [0.1, 0.15) is 37.7 Å². The Kier molecular flexibility index (Phi) is 4.99. The first kappa shape index (κ1) is 16.0. The van der Waals surface area contributed by atoms with E-state index in [1.165, 1.54) is 18.6 Å². The molecular weight excluding hydrogens is 286 g/mol. The molecule has 0 unspecified atom stereocenters. The van der Waals surface area contributed by atoms with Crippen LogP contribution in [0.15, 0.2) is 29.2 Å². The van der Waals surface area contributed by atoms with Gasteiger partial charge in [-0.3, -0.25) is 0 Å². The van der Waals surface area contributed by atoms with Gasteiger partial charge in [0, 0.05) is 12.1 Å². The molecular formula is C15H21N3O2S. The lowest BCUT2D eigenvalue weighted by atomic mass is 9.83. The lowest BCUT2D eigenvalue weighted by Crippen LogP contribution is -2.51. The summed E-state index contributed by atoms with van der Waals surface area (Å²) in [6.45, 7) is 0.273. The largest absolute Gasteiger partial charge is 0.324 e. The molecule has 1 aliphatic rings. The van der Waals surface area contributed by atoms with Crippen LogP contribution in [-0.4, -0.2) is 20.5 Å². The standard InChI is InChI=1S/C15H21N3O2S/c16-11-8-13-4-6-14(7-5-13)21(19,20)18-12-15(17)9-2-1-3-10-15/h4-7,18H,1-3,8-10,12,17H2. The van der Waals surface area contributed by atoms with E-state index in [9.17, 15) is 8.42 Å². The number of hydrogen-bond donors (Lipinski definition) is 2. The molecule has 0 atom stereocenters. The van der Waals surface area contributed by atoms with Gasteiger partial charge in [0.25, 0.3) is 0 Å². The summed E-state index contributed by atoms with van der Waals surface area (Å²) in [5.74, 6) is 0. The SMILES string of the molecule is N#CCc1ccc(S(=O)(=O)NCC2(N)CCCCC2)cc1. The maximum atomic E-state index is 12.3. The lowest BCUT2D eigenvalue weighted by molar-refractivity contribution is 0.296. The minimum atomic E-state index is -3.54. The van der Waals surface area contributed by atoms with Gasteiger partial charge in [0.15, 0.2) is 0 Å². The van der Waals surface area contributed by atoms with Crippen LogP contribution in [0.2, 0.25) is 0 Å². The fourth-order valence-corrected chi connectivity index (χ4v) is 3.77. The van der Waals surface area contributed by atoms with Crippen LogP contribution < -0.4 is 10.5 Å². The molecule has 0 heterocycles. The van der Waals surface area contributed by atoms with E-state index in [0.29, 0.717) is 0 Å². The predicted octanol–water partition coefficient (Wildman–Crippen LogP) is 1.69. The lowest BCUT2D eigenvalue weighted by Gasteiger charge is -2.33. The molecule has 0 spiro atoms. The zero-order chi connectivity index (χ0) is 15.3. The van der Waals surface area contributed by atoms with E-state index < -0.39 is 15.6 Å². The van der Waals surface area contributed by atoms with Crippen molar-refractivity contribution in [3.63, 3.8) is 0 Å². The molecule has 1 saturated carbocycles. The highest BCUT2D eigenvalue weighted by Crippen LogP contribution is 2.25. The number of nitriles is 1. The fourth-order valence-electron chi connectivity index (χ4n) is 2.63. The minimum absolute atomic E-state index is 0.212. The molecule has 1 aromatic rings. The number of nitrogens with one attached hydrogen (secondary N) is 1. The van der Waals surface area contributed by atoms with Crippen molar-refractivity contribution in [3.8, 4) is 6.07 Å². The van der Waals surface area contributed by atoms with Gasteiger partial charge in [0.2, 0.25) is 10.0 Å². The average molecular weight is 307 g/mol. The summed E-state index contributed by atoms with van der Waals surface area (Å²) in [5.41, 5.74) is 6.63. The van der Waals surface area contributed by atoms with Crippen LogP contribution in [0, 0.1) is 11.3 Å². The number of rotatable bonds is 5. The van der Waals surface area contributed by atoms with Gasteiger partial charge in [-0.25, -0.2) is 13.1 Å². The van der Waals surface area contributed by atoms with Crippen LogP contribution >= 0.6 is 0 Å². The Bertz CT molecular complexity index is 611. The smallest absolute Gasteiger partial charge is 0.240 e. The summed E-state index contributed by atoms with van der Waals surface area (Å²) in [7, 11) is -3.54. The molecule has 0 radical (unpaired) electrons. The van der Waals surface area contributed by atoms with Gasteiger partial charge in [0.1, 0.15) is 0 Å². The van der Waals surface area contributed by atoms with E-state index in [1.54, 1.807) is 12.1 Å². The molecule has 114 valence electrons. The van der Waals surface area contributed by atoms with Gasteiger partial charge < -0.3 is 5.73 Å². The summed E-state index contributed by atoms with van der Waals surface area (Å²) in [6, 6.07) is 8.41. The summed E-state index contributed by atoms with van der Waals surface area (Å²) in [6.07, 6.45) is 5.28. The second-order valence-corrected chi connectivity index (χ2v) is 7.49. The van der Waals surface area contributed by atoms with Crippen molar-refractivity contribution in [3.05, 3.63) is 29.8 Å². The Labute approximate surface area is 126 Å². The molecule has 21 heavy (non-hydrogen) atoms. The van der Waals surface area contributed by atoms with Crippen molar-refractivity contribution >= 4 is 10.0 Å². The molecule has 0 aromatic heterocycles. The highest BCUT2D eigenvalue weighted by Gasteiger charge is 2.29. The third-order valence-electron chi connectivity index (χ3n) is 3.98. The zero-order valence-corrected chi connectivity index (χ0v) is 12.8. The number of hydrogen-bond acceptors (Lipinski definition) is 4. The van der Waals surface area contributed by atoms with Crippen LogP contribution in [-0.2, 0) is 16.4 Å². The van der Waals surface area contributed by atoms with E-state index in [-0.39, 0.29) is 17.9 Å². The maximum absolute atomic E-state index is 12.3. The first-order valence-electron chi connectivity index (χ1n) is 7.20. The molecule has 2 rings (SSSR count). The molecule has 0 aliphatic heterocycles. The maximum Gasteiger partial charge on any atom is 0.240 e. The first-order valence-corrected chi connectivity index (χ1v) is 8.68. The van der Waals surface area contributed by atoms with Crippen molar-refractivity contribution in [2.24, 2.45) is 5.73 Å². The Morgan fingerprint density at radius 2 is 1.81 bits per heavy atom. The monoisotopic (exact) mass is 307 g/mol. The summed E-state index contributed by atoms with van der Waals surface area (Å²) < 4.78 is 27.1. The molecule has 0 amide bonds. The quantitative estimate of drug-likeness (QED) is 0.865. The first-order chi connectivity index (χ1) is 9.95. The van der Waals surface area contributed by atoms with Gasteiger partial charge in [-0.15, -0.1) is 0 Å². The van der Waals surface area contributed by atoms with E-state index in [1.807, 2.05) is 6.07 Å². The van der Waals surface area contributed by atoms with Gasteiger partial charge in [-0.1, -0.05) is 31.4 Å². The van der Waals surface area contributed by atoms with E-state index in [2.05, 4.69) is 4.72 Å². The van der Waals surface area contributed by atoms with Gasteiger partial charge >= 0.3 is 0 Å². The van der Waals surface area contributed by atoms with E-state index in [0.717, 1.165) is 31.2 Å². The van der Waals surface area contributed by atoms with E-state index in [4.69, 9.17) is 11.0 Å². The van der Waals surface area contributed by atoms with Gasteiger partial charge in [0.05, 0.1) is 17.4 Å². The van der Waals surface area contributed by atoms with Crippen LogP contribution in [0.5, 0.6) is 0 Å². The normalized spacial score (nSPS) is 18.1. The Morgan fingerprint density at radius 3 is 2.38 bits per heavy atom. The summed E-state index contributed by atoms with van der Waals surface area (Å²) >= 11 is 0. The molecule has 0 bridgehead atoms. The van der Waals surface area contributed by atoms with Crippen LogP contribution in [0.3, 0.4) is 0 Å².